The van der Waals surface area contributed by atoms with Gasteiger partial charge in [0.2, 0.25) is 5.96 Å². The number of nitrogens with one attached hydrogen (secondary N) is 2. The van der Waals surface area contributed by atoms with Gasteiger partial charge in [-0.15, -0.1) is 11.3 Å². The lowest BCUT2D eigenvalue weighted by molar-refractivity contribution is -0.135. The van der Waals surface area contributed by atoms with E-state index in [2.05, 4.69) is 21.7 Å². The lowest BCUT2D eigenvalue weighted by atomic mass is 10.2. The Morgan fingerprint density at radius 1 is 1.24 bits per heavy atom. The van der Waals surface area contributed by atoms with Gasteiger partial charge in [0.15, 0.2) is 0 Å². The molecule has 1 aliphatic heterocycles. The average molecular weight is 249 g/mol. The molecule has 3 rings (SSSR count). The maximum absolute atomic E-state index is 10.9. The van der Waals surface area contributed by atoms with Gasteiger partial charge in [0.05, 0.1) is 6.54 Å². The van der Waals surface area contributed by atoms with E-state index in [1.807, 2.05) is 0 Å². The van der Waals surface area contributed by atoms with Crippen LogP contribution in [0.25, 0.3) is 0 Å². The van der Waals surface area contributed by atoms with Crippen LogP contribution < -0.4 is 10.6 Å². The molecule has 0 aromatic carbocycles. The Hall–Kier alpha value is -1.69. The number of aryl methyl sites for hydroxylation is 2. The zero-order valence-corrected chi connectivity index (χ0v) is 9.89. The largest absolute Gasteiger partial charge is 0.316 e. The topological polar surface area (TPSA) is 70.6 Å². The summed E-state index contributed by atoms with van der Waals surface area (Å²) in [5.41, 5.74) is 1.43. The van der Waals surface area contributed by atoms with Crippen LogP contribution in [0.4, 0.5) is 0 Å². The third kappa shape index (κ3) is 1.95. The van der Waals surface area contributed by atoms with Gasteiger partial charge >= 0.3 is 11.8 Å². The van der Waals surface area contributed by atoms with E-state index in [4.69, 9.17) is 0 Å². The van der Waals surface area contributed by atoms with Gasteiger partial charge in [-0.3, -0.25) is 20.2 Å². The van der Waals surface area contributed by atoms with Crippen LogP contribution in [0.1, 0.15) is 21.7 Å². The summed E-state index contributed by atoms with van der Waals surface area (Å²) < 4.78 is 0. The summed E-state index contributed by atoms with van der Waals surface area (Å²) in [6.07, 6.45) is 3.59. The highest BCUT2D eigenvalue weighted by Crippen LogP contribution is 2.30. The summed E-state index contributed by atoms with van der Waals surface area (Å²) in [7, 11) is 0. The molecule has 1 fully saturated rings. The van der Waals surface area contributed by atoms with E-state index in [0.717, 1.165) is 6.42 Å². The minimum Gasteiger partial charge on any atom is -0.288 e. The van der Waals surface area contributed by atoms with Gasteiger partial charge in [-0.25, -0.2) is 4.99 Å². The van der Waals surface area contributed by atoms with E-state index in [1.165, 1.54) is 28.2 Å². The first-order valence-electron chi connectivity index (χ1n) is 5.49. The number of carbonyl (C=O) groups is 2. The average Bonchev–Trinajstić information content (AvgIpc) is 2.91. The molecule has 0 spiro atoms. The SMILES string of the molecule is O=C1NC(=NCc2cc3c(s2)CCC3)NC1=O. The molecule has 1 aromatic heterocycles. The van der Waals surface area contributed by atoms with Crippen molar-refractivity contribution < 1.29 is 9.59 Å². The number of thiophene rings is 1. The molecular weight excluding hydrogens is 238 g/mol. The third-order valence-electron chi connectivity index (χ3n) is 2.86. The second-order valence-electron chi connectivity index (χ2n) is 4.09. The van der Waals surface area contributed by atoms with Gasteiger partial charge in [0.1, 0.15) is 0 Å². The van der Waals surface area contributed by atoms with Crippen molar-refractivity contribution in [3.05, 3.63) is 21.4 Å². The lowest BCUT2D eigenvalue weighted by Gasteiger charge is -1.95. The molecule has 1 aliphatic carbocycles. The van der Waals surface area contributed by atoms with Crippen molar-refractivity contribution >= 4 is 29.1 Å². The highest BCUT2D eigenvalue weighted by Gasteiger charge is 2.25. The Bertz CT molecular complexity index is 493. The minimum atomic E-state index is -0.641. The van der Waals surface area contributed by atoms with Crippen LogP contribution in [0.5, 0.6) is 0 Å². The maximum Gasteiger partial charge on any atom is 0.316 e. The molecule has 0 saturated carbocycles. The fourth-order valence-electron chi connectivity index (χ4n) is 2.06. The molecule has 2 N–H and O–H groups in total. The van der Waals surface area contributed by atoms with Crippen molar-refractivity contribution in [2.75, 3.05) is 0 Å². The Kier molecular flexibility index (Phi) is 2.44. The summed E-state index contributed by atoms with van der Waals surface area (Å²) >= 11 is 1.77. The van der Waals surface area contributed by atoms with Crippen LogP contribution in [0.15, 0.2) is 11.1 Å². The highest BCUT2D eigenvalue weighted by molar-refractivity contribution is 7.12. The first-order chi connectivity index (χ1) is 8.22. The summed E-state index contributed by atoms with van der Waals surface area (Å²) in [5.74, 6) is -1.02. The fraction of sp³-hybridized carbons (Fsp3) is 0.364. The monoisotopic (exact) mass is 249 g/mol. The molecule has 1 aromatic rings. The summed E-state index contributed by atoms with van der Waals surface area (Å²) in [4.78, 5) is 28.6. The lowest BCUT2D eigenvalue weighted by Crippen LogP contribution is -2.25. The molecule has 17 heavy (non-hydrogen) atoms. The van der Waals surface area contributed by atoms with Crippen molar-refractivity contribution in [2.45, 2.75) is 25.8 Å². The van der Waals surface area contributed by atoms with E-state index in [9.17, 15) is 9.59 Å². The van der Waals surface area contributed by atoms with Gasteiger partial charge in [-0.2, -0.15) is 0 Å². The predicted octanol–water partition coefficient (Wildman–Crippen LogP) is 0.339. The molecule has 0 unspecified atom stereocenters. The standard InChI is InChI=1S/C11H11N3O2S/c15-9-10(16)14-11(13-9)12-5-7-4-6-2-1-3-8(6)17-7/h4H,1-3,5H2,(H2,12,13,14,15,16). The number of guanidine groups is 1. The summed E-state index contributed by atoms with van der Waals surface area (Å²) in [5, 5.41) is 4.76. The molecule has 0 radical (unpaired) electrons. The van der Waals surface area contributed by atoms with Crippen molar-refractivity contribution in [1.82, 2.24) is 10.6 Å². The van der Waals surface area contributed by atoms with Crippen LogP contribution in [-0.4, -0.2) is 17.8 Å². The smallest absolute Gasteiger partial charge is 0.288 e. The van der Waals surface area contributed by atoms with E-state index >= 15 is 0 Å². The second-order valence-corrected chi connectivity index (χ2v) is 5.31. The number of hydrogen-bond donors (Lipinski definition) is 2. The fourth-order valence-corrected chi connectivity index (χ4v) is 3.25. The Balaban J connectivity index is 1.69. The number of nitrogens with zero attached hydrogens (tertiary/aromatic N) is 1. The van der Waals surface area contributed by atoms with E-state index in [-0.39, 0.29) is 5.96 Å². The first kappa shape index (κ1) is 10.5. The minimum absolute atomic E-state index is 0.258. The van der Waals surface area contributed by atoms with E-state index in [1.54, 1.807) is 11.3 Å². The normalized spacial score (nSPS) is 18.0. The number of carbonyl (C=O) groups excluding carboxylic acids is 2. The number of fused-ring (bicyclic) bond motifs is 1. The van der Waals surface area contributed by atoms with Crippen LogP contribution in [0.2, 0.25) is 0 Å². The molecule has 1 saturated heterocycles. The molecule has 88 valence electrons. The van der Waals surface area contributed by atoms with Crippen LogP contribution in [-0.2, 0) is 29.0 Å². The zero-order chi connectivity index (χ0) is 11.8. The quantitative estimate of drug-likeness (QED) is 0.742. The molecule has 2 amide bonds. The van der Waals surface area contributed by atoms with Crippen molar-refractivity contribution in [3.8, 4) is 0 Å². The van der Waals surface area contributed by atoms with Crippen LogP contribution in [0, 0.1) is 0 Å². The van der Waals surface area contributed by atoms with Gasteiger partial charge in [-0.05, 0) is 30.9 Å². The number of amides is 2. The van der Waals surface area contributed by atoms with Crippen LogP contribution >= 0.6 is 11.3 Å². The van der Waals surface area contributed by atoms with Crippen molar-refractivity contribution in [3.63, 3.8) is 0 Å². The molecule has 2 heterocycles. The number of aliphatic imine (C=N–C) groups is 1. The Labute approximate surface area is 102 Å². The first-order valence-corrected chi connectivity index (χ1v) is 6.31. The van der Waals surface area contributed by atoms with Gasteiger partial charge in [0.25, 0.3) is 0 Å². The van der Waals surface area contributed by atoms with Crippen molar-refractivity contribution in [1.29, 1.82) is 0 Å². The molecular formula is C11H11N3O2S. The molecule has 2 aliphatic rings. The van der Waals surface area contributed by atoms with Crippen LogP contribution in [0.3, 0.4) is 0 Å². The second kappa shape index (κ2) is 3.96. The van der Waals surface area contributed by atoms with Gasteiger partial charge < -0.3 is 0 Å². The molecule has 6 heteroatoms. The maximum atomic E-state index is 10.9. The zero-order valence-electron chi connectivity index (χ0n) is 9.08. The molecule has 0 bridgehead atoms. The molecule has 0 atom stereocenters. The third-order valence-corrected chi connectivity index (χ3v) is 4.08. The highest BCUT2D eigenvalue weighted by atomic mass is 32.1. The number of hydrogen-bond acceptors (Lipinski definition) is 4. The van der Waals surface area contributed by atoms with Gasteiger partial charge in [0, 0.05) is 9.75 Å². The Morgan fingerprint density at radius 3 is 2.71 bits per heavy atom. The summed E-state index contributed by atoms with van der Waals surface area (Å²) in [6, 6.07) is 2.18. The van der Waals surface area contributed by atoms with E-state index in [0.29, 0.717) is 6.54 Å². The Morgan fingerprint density at radius 2 is 2.00 bits per heavy atom. The predicted molar refractivity (Wildman–Crippen MR) is 63.8 cm³/mol. The summed E-state index contributed by atoms with van der Waals surface area (Å²) in [6.45, 7) is 0.508. The molecule has 5 nitrogen and oxygen atoms in total. The van der Waals surface area contributed by atoms with Gasteiger partial charge in [-0.1, -0.05) is 0 Å². The number of rotatable bonds is 2. The van der Waals surface area contributed by atoms with Crippen molar-refractivity contribution in [2.24, 2.45) is 4.99 Å². The van der Waals surface area contributed by atoms with E-state index < -0.39 is 11.8 Å².